The van der Waals surface area contributed by atoms with Gasteiger partial charge in [-0.15, -0.1) is 0 Å². The van der Waals surface area contributed by atoms with Gasteiger partial charge in [-0.2, -0.15) is 0 Å². The van der Waals surface area contributed by atoms with Crippen LogP contribution in [0.4, 0.5) is 0 Å². The fourth-order valence-corrected chi connectivity index (χ4v) is 4.73. The normalized spacial score (nSPS) is 31.4. The molecule has 0 radical (unpaired) electrons. The van der Waals surface area contributed by atoms with Crippen LogP contribution in [-0.4, -0.2) is 55.0 Å². The maximum Gasteiger partial charge on any atom is 0.479 e. The van der Waals surface area contributed by atoms with Crippen LogP contribution in [-0.2, 0) is 18.0 Å². The summed E-state index contributed by atoms with van der Waals surface area (Å²) in [6.07, 6.45) is -1.65. The van der Waals surface area contributed by atoms with Crippen LogP contribution in [0, 0.1) is 5.92 Å². The lowest BCUT2D eigenvalue weighted by Crippen LogP contribution is -2.37. The summed E-state index contributed by atoms with van der Waals surface area (Å²) < 4.78 is 32.2. The quantitative estimate of drug-likeness (QED) is 0.362. The van der Waals surface area contributed by atoms with E-state index in [1.807, 2.05) is 4.98 Å². The molecule has 1 aliphatic carbocycles. The molecule has 1 fully saturated rings. The van der Waals surface area contributed by atoms with Gasteiger partial charge in [-0.05, 0) is 6.42 Å². The second-order valence-corrected chi connectivity index (χ2v) is 9.17. The summed E-state index contributed by atoms with van der Waals surface area (Å²) >= 11 is 0. The molecule has 0 aliphatic heterocycles. The summed E-state index contributed by atoms with van der Waals surface area (Å²) in [6, 6.07) is 0.169. The highest BCUT2D eigenvalue weighted by molar-refractivity contribution is 7.63. The average molecular weight is 400 g/mol. The van der Waals surface area contributed by atoms with Crippen LogP contribution in [0.1, 0.15) is 12.5 Å². The number of phosphoric acid groups is 1. The highest BCUT2D eigenvalue weighted by atomic mass is 31.3. The molecule has 1 aliphatic rings. The SMILES string of the molecule is CP(=O)(O)OP(=O)(O)OCC1CC(n2ccc(=O)[nH]c2=O)C(O)C1O. The number of hydrogen-bond acceptors (Lipinski definition) is 8. The van der Waals surface area contributed by atoms with E-state index >= 15 is 0 Å². The molecule has 1 saturated carbocycles. The van der Waals surface area contributed by atoms with E-state index in [1.54, 1.807) is 0 Å². The van der Waals surface area contributed by atoms with Gasteiger partial charge in [0.15, 0.2) is 0 Å². The van der Waals surface area contributed by atoms with Gasteiger partial charge in [-0.3, -0.25) is 23.4 Å². The smallest absolute Gasteiger partial charge is 0.390 e. The molecule has 14 heteroatoms. The number of nitrogens with zero attached hydrogens (tertiary/aromatic N) is 1. The first-order chi connectivity index (χ1) is 11.4. The molecule has 0 saturated heterocycles. The van der Waals surface area contributed by atoms with E-state index in [0.29, 0.717) is 6.66 Å². The largest absolute Gasteiger partial charge is 0.479 e. The lowest BCUT2D eigenvalue weighted by molar-refractivity contribution is -0.00442. The summed E-state index contributed by atoms with van der Waals surface area (Å²) in [6.45, 7) is 0.132. The van der Waals surface area contributed by atoms with Crippen molar-refractivity contribution >= 4 is 15.4 Å². The zero-order valence-electron chi connectivity index (χ0n) is 13.0. The maximum absolute atomic E-state index is 11.8. The van der Waals surface area contributed by atoms with E-state index in [4.69, 9.17) is 4.89 Å². The molecule has 0 amide bonds. The third-order valence-corrected chi connectivity index (χ3v) is 6.20. The summed E-state index contributed by atoms with van der Waals surface area (Å²) in [5, 5.41) is 20.1. The van der Waals surface area contributed by atoms with E-state index in [-0.39, 0.29) is 6.42 Å². The van der Waals surface area contributed by atoms with E-state index in [9.17, 15) is 33.8 Å². The number of aliphatic hydroxyl groups excluding tert-OH is 2. The van der Waals surface area contributed by atoms with Gasteiger partial charge in [0, 0.05) is 24.8 Å². The molecular weight excluding hydrogens is 382 g/mol. The first kappa shape index (κ1) is 20.2. The zero-order valence-corrected chi connectivity index (χ0v) is 14.7. The molecule has 142 valence electrons. The first-order valence-corrected chi connectivity index (χ1v) is 10.6. The van der Waals surface area contributed by atoms with Gasteiger partial charge < -0.3 is 20.0 Å². The number of aliphatic hydroxyl groups is 2. The van der Waals surface area contributed by atoms with Gasteiger partial charge in [0.25, 0.3) is 5.56 Å². The number of hydrogen-bond donors (Lipinski definition) is 5. The Labute approximate surface area is 140 Å². The number of rotatable bonds is 6. The number of phosphoric ester groups is 1. The highest BCUT2D eigenvalue weighted by Gasteiger charge is 2.44. The first-order valence-electron chi connectivity index (χ1n) is 7.06. The molecule has 12 nitrogen and oxygen atoms in total. The van der Waals surface area contributed by atoms with Crippen LogP contribution in [0.2, 0.25) is 0 Å². The molecule has 0 spiro atoms. The second-order valence-electron chi connectivity index (χ2n) is 5.71. The van der Waals surface area contributed by atoms with Crippen LogP contribution in [0.5, 0.6) is 0 Å². The van der Waals surface area contributed by atoms with Gasteiger partial charge in [0.2, 0.25) is 0 Å². The monoisotopic (exact) mass is 400 g/mol. The summed E-state index contributed by atoms with van der Waals surface area (Å²) in [4.78, 5) is 43.2. The Hall–Kier alpha value is -1.10. The predicted molar refractivity (Wildman–Crippen MR) is 83.1 cm³/mol. The molecule has 25 heavy (non-hydrogen) atoms. The van der Waals surface area contributed by atoms with Crippen molar-refractivity contribution in [2.45, 2.75) is 24.7 Å². The lowest BCUT2D eigenvalue weighted by atomic mass is 10.1. The average Bonchev–Trinajstić information content (AvgIpc) is 2.71. The Bertz CT molecular complexity index is 829. The van der Waals surface area contributed by atoms with E-state index in [1.165, 1.54) is 0 Å². The van der Waals surface area contributed by atoms with Crippen LogP contribution in [0.3, 0.4) is 0 Å². The fourth-order valence-electron chi connectivity index (χ4n) is 2.63. The molecule has 1 aromatic heterocycles. The highest BCUT2D eigenvalue weighted by Crippen LogP contribution is 2.58. The zero-order chi connectivity index (χ0) is 19.0. The third-order valence-electron chi connectivity index (χ3n) is 3.69. The van der Waals surface area contributed by atoms with Crippen LogP contribution >= 0.6 is 15.4 Å². The minimum atomic E-state index is -4.84. The summed E-state index contributed by atoms with van der Waals surface area (Å²) in [7, 11) is -9.12. The van der Waals surface area contributed by atoms with Crippen molar-refractivity contribution in [3.8, 4) is 0 Å². The van der Waals surface area contributed by atoms with Crippen molar-refractivity contribution in [2.24, 2.45) is 5.92 Å². The third kappa shape index (κ3) is 5.19. The Morgan fingerprint density at radius 2 is 1.92 bits per heavy atom. The Morgan fingerprint density at radius 1 is 1.28 bits per heavy atom. The van der Waals surface area contributed by atoms with Crippen LogP contribution < -0.4 is 11.2 Å². The van der Waals surface area contributed by atoms with Crippen molar-refractivity contribution in [3.63, 3.8) is 0 Å². The number of nitrogens with one attached hydrogen (secondary N) is 1. The number of aromatic amines is 1. The second kappa shape index (κ2) is 7.26. The van der Waals surface area contributed by atoms with Gasteiger partial charge >= 0.3 is 21.1 Å². The summed E-state index contributed by atoms with van der Waals surface area (Å²) in [5.41, 5.74) is -1.41. The predicted octanol–water partition coefficient (Wildman–Crippen LogP) is -1.23. The van der Waals surface area contributed by atoms with Gasteiger partial charge in [-0.25, -0.2) is 13.7 Å². The molecular formula is C11H18N2O10P2. The van der Waals surface area contributed by atoms with E-state index in [2.05, 4.69) is 8.83 Å². The maximum atomic E-state index is 11.8. The minimum Gasteiger partial charge on any atom is -0.390 e. The number of aromatic nitrogens is 2. The van der Waals surface area contributed by atoms with Crippen LogP contribution in [0.25, 0.3) is 0 Å². The van der Waals surface area contributed by atoms with Crippen molar-refractivity contribution in [3.05, 3.63) is 33.1 Å². The Kier molecular flexibility index (Phi) is 5.87. The molecule has 0 bridgehead atoms. The standard InChI is InChI=1S/C11H18N2O10P2/c1-24(18,19)23-25(20,21)22-5-6-4-7(10(16)9(6)15)13-3-2-8(14)12-11(13)17/h2-3,6-7,9-10,15-16H,4-5H2,1H3,(H,18,19)(H,20,21)(H,12,14,17). The molecule has 2 rings (SSSR count). The molecule has 6 atom stereocenters. The molecule has 0 aromatic carbocycles. The van der Waals surface area contributed by atoms with Crippen LogP contribution in [0.15, 0.2) is 21.9 Å². The van der Waals surface area contributed by atoms with Gasteiger partial charge in [0.1, 0.15) is 6.10 Å². The fraction of sp³-hybridized carbons (Fsp3) is 0.636. The van der Waals surface area contributed by atoms with Crippen molar-refractivity contribution in [1.82, 2.24) is 9.55 Å². The van der Waals surface area contributed by atoms with E-state index in [0.717, 1.165) is 16.8 Å². The minimum absolute atomic E-state index is 0.0167. The summed E-state index contributed by atoms with van der Waals surface area (Å²) in [5.74, 6) is -0.863. The van der Waals surface area contributed by atoms with Gasteiger partial charge in [-0.1, -0.05) is 0 Å². The van der Waals surface area contributed by atoms with Crippen molar-refractivity contribution in [1.29, 1.82) is 0 Å². The Balaban J connectivity index is 2.09. The van der Waals surface area contributed by atoms with E-state index < -0.39 is 57.4 Å². The topological polar surface area (TPSA) is 188 Å². The molecule has 1 heterocycles. The lowest BCUT2D eigenvalue weighted by Gasteiger charge is -2.19. The molecule has 1 aromatic rings. The van der Waals surface area contributed by atoms with Gasteiger partial charge in [0.05, 0.1) is 18.8 Å². The molecule has 5 N–H and O–H groups in total. The molecule has 6 unspecified atom stereocenters. The Morgan fingerprint density at radius 3 is 2.48 bits per heavy atom. The van der Waals surface area contributed by atoms with Crippen molar-refractivity contribution in [2.75, 3.05) is 13.3 Å². The number of H-pyrrole nitrogens is 1. The van der Waals surface area contributed by atoms with Crippen molar-refractivity contribution < 1.29 is 38.0 Å².